The Bertz CT molecular complexity index is 555. The lowest BCUT2D eigenvalue weighted by atomic mass is 10.1. The number of halogens is 1. The maximum Gasteiger partial charge on any atom is 0.342 e. The molecule has 0 spiro atoms. The average Bonchev–Trinajstić information content (AvgIpc) is 2.62. The van der Waals surface area contributed by atoms with Gasteiger partial charge in [-0.3, -0.25) is 4.79 Å². The normalized spacial score (nSPS) is 31.8. The van der Waals surface area contributed by atoms with Crippen LogP contribution in [0.25, 0.3) is 0 Å². The predicted molar refractivity (Wildman–Crippen MR) is 67.4 cm³/mol. The molecule has 0 bridgehead atoms. The molecule has 18 heavy (non-hydrogen) atoms. The minimum atomic E-state index is -1.45. The maximum absolute atomic E-state index is 11.8. The summed E-state index contributed by atoms with van der Waals surface area (Å²) in [6, 6.07) is 1.14. The highest BCUT2D eigenvalue weighted by Gasteiger charge is 2.44. The van der Waals surface area contributed by atoms with Crippen molar-refractivity contribution in [2.24, 2.45) is 0 Å². The lowest BCUT2D eigenvalue weighted by Gasteiger charge is -2.16. The van der Waals surface area contributed by atoms with Gasteiger partial charge in [-0.1, -0.05) is 0 Å². The van der Waals surface area contributed by atoms with E-state index in [-0.39, 0.29) is 0 Å². The van der Waals surface area contributed by atoms with Crippen molar-refractivity contribution in [3.05, 3.63) is 33.1 Å². The van der Waals surface area contributed by atoms with E-state index in [4.69, 9.17) is 9.84 Å². The smallest absolute Gasteiger partial charge is 0.342 e. The zero-order valence-electron chi connectivity index (χ0n) is 9.01. The Morgan fingerprint density at radius 1 is 1.33 bits per heavy atom. The van der Waals surface area contributed by atoms with Gasteiger partial charge in [-0.05, 0) is 0 Å². The summed E-state index contributed by atoms with van der Waals surface area (Å²) in [7, 11) is 0. The zero-order valence-corrected chi connectivity index (χ0v) is 11.2. The van der Waals surface area contributed by atoms with E-state index in [1.54, 1.807) is 22.9 Å². The molecule has 1 aromatic heterocycles. The zero-order chi connectivity index (χ0) is 13.4. The molecule has 1 fully saturated rings. The molecule has 1 unspecified atom stereocenters. The fourth-order valence-corrected chi connectivity index (χ4v) is 2.19. The van der Waals surface area contributed by atoms with Crippen LogP contribution < -0.4 is 11.2 Å². The number of hydrogen-bond acceptors (Lipinski definition) is 6. The lowest BCUT2D eigenvalue weighted by Crippen LogP contribution is -2.43. The van der Waals surface area contributed by atoms with Crippen LogP contribution in [-0.4, -0.2) is 47.6 Å². The highest BCUT2D eigenvalue weighted by atomic mass is 127. The summed E-state index contributed by atoms with van der Waals surface area (Å²) >= 11 is 1.68. The Labute approximate surface area is 115 Å². The molecule has 1 aromatic rings. The summed E-state index contributed by atoms with van der Waals surface area (Å²) < 4.78 is 6.96. The van der Waals surface area contributed by atoms with Gasteiger partial charge in [-0.15, -0.1) is 0 Å². The first-order chi connectivity index (χ1) is 8.47. The van der Waals surface area contributed by atoms with Crippen molar-refractivity contribution < 1.29 is 20.1 Å². The number of aromatic nitrogens is 2. The highest BCUT2D eigenvalue weighted by Crippen LogP contribution is 2.27. The third-order valence-corrected chi connectivity index (χ3v) is 3.48. The van der Waals surface area contributed by atoms with Crippen LogP contribution >= 0.6 is 22.9 Å². The predicted octanol–water partition coefficient (Wildman–Crippen LogP) is -2.18. The van der Waals surface area contributed by atoms with Crippen LogP contribution in [0.4, 0.5) is 0 Å². The molecule has 0 aliphatic carbocycles. The van der Waals surface area contributed by atoms with E-state index < -0.39 is 42.4 Å². The summed E-state index contributed by atoms with van der Waals surface area (Å²) in [4.78, 5) is 23.4. The summed E-state index contributed by atoms with van der Waals surface area (Å²) in [6.45, 7) is -0.519. The monoisotopic (exact) mass is 370 g/mol. The molecule has 9 heteroatoms. The number of aliphatic hydroxyl groups is 3. The molecule has 3 N–H and O–H groups in total. The fourth-order valence-electron chi connectivity index (χ4n) is 1.80. The van der Waals surface area contributed by atoms with Crippen LogP contribution in [0.1, 0.15) is 6.23 Å². The van der Waals surface area contributed by atoms with E-state index in [0.717, 1.165) is 8.85 Å². The maximum atomic E-state index is 11.8. The topological polar surface area (TPSA) is 114 Å². The van der Waals surface area contributed by atoms with Gasteiger partial charge in [0, 0.05) is 12.3 Å². The van der Waals surface area contributed by atoms with Gasteiger partial charge in [0.15, 0.2) is 6.23 Å². The van der Waals surface area contributed by atoms with E-state index in [0.29, 0.717) is 4.57 Å². The van der Waals surface area contributed by atoms with Crippen LogP contribution in [0.3, 0.4) is 0 Å². The number of hydrogen-bond donors (Lipinski definition) is 3. The van der Waals surface area contributed by atoms with Crippen LogP contribution in [-0.2, 0) is 4.74 Å². The molecule has 8 nitrogen and oxygen atoms in total. The van der Waals surface area contributed by atoms with Gasteiger partial charge in [0.05, 0.1) is 29.5 Å². The molecular formula is C9H11IN2O6. The van der Waals surface area contributed by atoms with Crippen molar-refractivity contribution in [1.82, 2.24) is 7.35 Å². The number of ether oxygens (including phenoxy) is 1. The van der Waals surface area contributed by atoms with Gasteiger partial charge >= 0.3 is 5.69 Å². The van der Waals surface area contributed by atoms with Gasteiger partial charge in [-0.25, -0.2) is 12.1 Å². The van der Waals surface area contributed by atoms with Gasteiger partial charge in [-0.2, -0.15) is 0 Å². The molecular weight excluding hydrogens is 359 g/mol. The van der Waals surface area contributed by atoms with Gasteiger partial charge in [0.1, 0.15) is 18.3 Å². The third-order valence-electron chi connectivity index (χ3n) is 2.75. The van der Waals surface area contributed by atoms with Crippen molar-refractivity contribution in [2.75, 3.05) is 6.61 Å². The Kier molecular flexibility index (Phi) is 3.87. The van der Waals surface area contributed by atoms with Crippen molar-refractivity contribution in [2.45, 2.75) is 24.5 Å². The molecule has 0 amide bonds. The Morgan fingerprint density at radius 2 is 2.00 bits per heavy atom. The Hall–Kier alpha value is -0.750. The van der Waals surface area contributed by atoms with E-state index >= 15 is 0 Å². The molecule has 1 saturated heterocycles. The van der Waals surface area contributed by atoms with E-state index in [9.17, 15) is 19.8 Å². The first-order valence-corrected chi connectivity index (χ1v) is 6.06. The SMILES string of the molecule is O=c1ccn(I)c(=O)n1C1O[C@H](CO)[C@@H](O)[C@@H]1O. The second kappa shape index (κ2) is 5.09. The lowest BCUT2D eigenvalue weighted by molar-refractivity contribution is -0.0565. The van der Waals surface area contributed by atoms with Gasteiger partial charge in [0.25, 0.3) is 5.56 Å². The molecule has 1 aliphatic heterocycles. The number of aliphatic hydroxyl groups excluding tert-OH is 3. The van der Waals surface area contributed by atoms with Crippen molar-refractivity contribution in [3.63, 3.8) is 0 Å². The Balaban J connectivity index is 2.48. The summed E-state index contributed by atoms with van der Waals surface area (Å²) in [5.74, 6) is 0. The third kappa shape index (κ3) is 2.12. The minimum Gasteiger partial charge on any atom is -0.394 e. The average molecular weight is 370 g/mol. The molecule has 0 saturated carbocycles. The quantitative estimate of drug-likeness (QED) is 0.511. The van der Waals surface area contributed by atoms with E-state index in [1.165, 1.54) is 6.20 Å². The van der Waals surface area contributed by atoms with Crippen LogP contribution in [0.2, 0.25) is 0 Å². The Morgan fingerprint density at radius 3 is 2.56 bits per heavy atom. The van der Waals surface area contributed by atoms with Gasteiger partial charge < -0.3 is 20.1 Å². The highest BCUT2D eigenvalue weighted by molar-refractivity contribution is 14.1. The largest absolute Gasteiger partial charge is 0.394 e. The van der Waals surface area contributed by atoms with Gasteiger partial charge in [0.2, 0.25) is 0 Å². The molecule has 2 heterocycles. The second-order valence-corrected chi connectivity index (χ2v) is 4.89. The molecule has 0 aromatic carbocycles. The standard InChI is InChI=1S/C9H11IN2O6/c10-11-2-1-5(14)12(9(11)17)8-7(16)6(15)4(3-13)18-8/h1-2,4,6-8,13,15-16H,3H2/t4-,6-,7+,8?/m1/s1. The van der Waals surface area contributed by atoms with Crippen molar-refractivity contribution in [1.29, 1.82) is 0 Å². The molecule has 4 atom stereocenters. The first-order valence-electron chi connectivity index (χ1n) is 5.10. The number of nitrogens with zero attached hydrogens (tertiary/aromatic N) is 2. The second-order valence-electron chi connectivity index (χ2n) is 3.85. The van der Waals surface area contributed by atoms with Crippen LogP contribution in [0.15, 0.2) is 21.9 Å². The summed E-state index contributed by atoms with van der Waals surface area (Å²) in [5, 5.41) is 28.3. The molecule has 2 rings (SSSR count). The molecule has 0 radical (unpaired) electrons. The van der Waals surface area contributed by atoms with Crippen LogP contribution in [0, 0.1) is 0 Å². The van der Waals surface area contributed by atoms with Crippen LogP contribution in [0.5, 0.6) is 0 Å². The minimum absolute atomic E-state index is 0.519. The van der Waals surface area contributed by atoms with Crippen molar-refractivity contribution >= 4 is 22.9 Å². The van der Waals surface area contributed by atoms with Crippen molar-refractivity contribution in [3.8, 4) is 0 Å². The molecule has 1 aliphatic rings. The summed E-state index contributed by atoms with van der Waals surface area (Å²) in [5.41, 5.74) is -1.33. The molecule has 100 valence electrons. The number of rotatable bonds is 2. The first kappa shape index (κ1) is 13.7. The van der Waals surface area contributed by atoms with E-state index in [2.05, 4.69) is 0 Å². The fraction of sp³-hybridized carbons (Fsp3) is 0.556. The summed E-state index contributed by atoms with van der Waals surface area (Å²) in [6.07, 6.45) is -3.86. The van der Waals surface area contributed by atoms with E-state index in [1.807, 2.05) is 0 Å².